The van der Waals surface area contributed by atoms with E-state index in [2.05, 4.69) is 26.5 Å². The average molecular weight is 249 g/mol. The lowest BCUT2D eigenvalue weighted by molar-refractivity contribution is 0.0593. The molecule has 0 aromatic carbocycles. The van der Waals surface area contributed by atoms with E-state index in [1.807, 2.05) is 0 Å². The molecule has 0 N–H and O–H groups in total. The van der Waals surface area contributed by atoms with Crippen LogP contribution in [0.3, 0.4) is 0 Å². The molecule has 1 aromatic rings. The Morgan fingerprint density at radius 2 is 2.33 bits per heavy atom. The number of carbonyl (C=O) groups is 1. The first kappa shape index (κ1) is 12.8. The molecule has 0 bridgehead atoms. The molecule has 5 nitrogen and oxygen atoms in total. The topological polar surface area (TPSA) is 55.3 Å². The summed E-state index contributed by atoms with van der Waals surface area (Å²) in [5.74, 6) is 1.14. The van der Waals surface area contributed by atoms with Crippen LogP contribution in [0.1, 0.15) is 36.7 Å². The first-order valence-electron chi connectivity index (χ1n) is 6.40. The number of nitrogens with zero attached hydrogens (tertiary/aromatic N) is 3. The van der Waals surface area contributed by atoms with Crippen LogP contribution >= 0.6 is 0 Å². The van der Waals surface area contributed by atoms with Crippen LogP contribution in [0.25, 0.3) is 0 Å². The van der Waals surface area contributed by atoms with Crippen molar-refractivity contribution in [1.29, 1.82) is 0 Å². The van der Waals surface area contributed by atoms with Crippen LogP contribution in [0.2, 0.25) is 0 Å². The van der Waals surface area contributed by atoms with Crippen molar-refractivity contribution in [3.8, 4) is 0 Å². The number of anilines is 1. The highest BCUT2D eigenvalue weighted by molar-refractivity contribution is 5.86. The molecule has 1 aliphatic heterocycles. The summed E-state index contributed by atoms with van der Waals surface area (Å²) < 4.78 is 4.60. The van der Waals surface area contributed by atoms with E-state index < -0.39 is 5.97 Å². The van der Waals surface area contributed by atoms with Crippen molar-refractivity contribution in [3.63, 3.8) is 0 Å². The van der Waals surface area contributed by atoms with Gasteiger partial charge in [0.15, 0.2) is 5.69 Å². The van der Waals surface area contributed by atoms with E-state index in [9.17, 15) is 4.79 Å². The molecular weight excluding hydrogens is 230 g/mol. The largest absolute Gasteiger partial charge is 0.464 e. The van der Waals surface area contributed by atoms with E-state index in [1.165, 1.54) is 32.6 Å². The van der Waals surface area contributed by atoms with E-state index in [-0.39, 0.29) is 5.69 Å². The van der Waals surface area contributed by atoms with Gasteiger partial charge in [0.2, 0.25) is 0 Å². The van der Waals surface area contributed by atoms with E-state index in [1.54, 1.807) is 6.20 Å². The maximum absolute atomic E-state index is 11.3. The molecule has 1 aromatic heterocycles. The zero-order valence-electron chi connectivity index (χ0n) is 10.9. The van der Waals surface area contributed by atoms with Crippen LogP contribution in [-0.4, -0.2) is 36.1 Å². The van der Waals surface area contributed by atoms with Crippen LogP contribution in [0, 0.1) is 5.92 Å². The molecule has 0 saturated carbocycles. The molecule has 18 heavy (non-hydrogen) atoms. The Morgan fingerprint density at radius 3 is 2.94 bits per heavy atom. The highest BCUT2D eigenvalue weighted by atomic mass is 16.5. The number of methoxy groups -OCH3 is 1. The summed E-state index contributed by atoms with van der Waals surface area (Å²) in [4.78, 5) is 21.9. The van der Waals surface area contributed by atoms with Crippen molar-refractivity contribution in [1.82, 2.24) is 9.97 Å². The van der Waals surface area contributed by atoms with Crippen molar-refractivity contribution >= 4 is 11.8 Å². The molecule has 2 heterocycles. The molecule has 2 rings (SSSR count). The van der Waals surface area contributed by atoms with Gasteiger partial charge < -0.3 is 9.64 Å². The first-order chi connectivity index (χ1) is 8.74. The van der Waals surface area contributed by atoms with Crippen LogP contribution in [-0.2, 0) is 4.74 Å². The summed E-state index contributed by atoms with van der Waals surface area (Å²) in [6.45, 7) is 4.27. The van der Waals surface area contributed by atoms with Crippen molar-refractivity contribution in [3.05, 3.63) is 18.1 Å². The van der Waals surface area contributed by atoms with Gasteiger partial charge in [-0.25, -0.2) is 14.8 Å². The Bertz CT molecular complexity index is 405. The van der Waals surface area contributed by atoms with Gasteiger partial charge in [0.25, 0.3) is 0 Å². The van der Waals surface area contributed by atoms with Crippen molar-refractivity contribution in [2.75, 3.05) is 25.1 Å². The standard InChI is InChI=1S/C13H19N3O2/c1-3-10-5-4-6-16(9-10)12-8-14-11(7-15-12)13(17)18-2/h7-8,10H,3-6,9H2,1-2H3. The molecule has 5 heteroatoms. The number of ether oxygens (including phenoxy) is 1. The molecule has 0 aliphatic carbocycles. The minimum Gasteiger partial charge on any atom is -0.464 e. The minimum atomic E-state index is -0.445. The number of hydrogen-bond acceptors (Lipinski definition) is 5. The predicted octanol–water partition coefficient (Wildman–Crippen LogP) is 1.89. The van der Waals surface area contributed by atoms with E-state index >= 15 is 0 Å². The Kier molecular flexibility index (Phi) is 4.12. The zero-order chi connectivity index (χ0) is 13.0. The number of piperidine rings is 1. The second kappa shape index (κ2) is 5.80. The minimum absolute atomic E-state index is 0.255. The highest BCUT2D eigenvalue weighted by Gasteiger charge is 2.20. The Hall–Kier alpha value is -1.65. The smallest absolute Gasteiger partial charge is 0.358 e. The third kappa shape index (κ3) is 2.78. The summed E-state index contributed by atoms with van der Waals surface area (Å²) in [7, 11) is 1.34. The van der Waals surface area contributed by atoms with E-state index in [4.69, 9.17) is 0 Å². The van der Waals surface area contributed by atoms with Gasteiger partial charge in [-0.05, 0) is 18.8 Å². The quantitative estimate of drug-likeness (QED) is 0.766. The number of rotatable bonds is 3. The summed E-state index contributed by atoms with van der Waals surface area (Å²) in [6.07, 6.45) is 6.82. The summed E-state index contributed by atoms with van der Waals surface area (Å²) in [6, 6.07) is 0. The summed E-state index contributed by atoms with van der Waals surface area (Å²) in [5.41, 5.74) is 0.255. The Morgan fingerprint density at radius 1 is 1.50 bits per heavy atom. The predicted molar refractivity (Wildman–Crippen MR) is 68.6 cm³/mol. The molecule has 1 atom stereocenters. The number of hydrogen-bond donors (Lipinski definition) is 0. The fraction of sp³-hybridized carbons (Fsp3) is 0.615. The van der Waals surface area contributed by atoms with E-state index in [0.717, 1.165) is 24.8 Å². The maximum atomic E-state index is 11.3. The van der Waals surface area contributed by atoms with Crippen LogP contribution < -0.4 is 4.90 Å². The lowest BCUT2D eigenvalue weighted by atomic mass is 9.96. The van der Waals surface area contributed by atoms with Gasteiger partial charge in [0.1, 0.15) is 5.82 Å². The van der Waals surface area contributed by atoms with Crippen molar-refractivity contribution in [2.45, 2.75) is 26.2 Å². The second-order valence-electron chi connectivity index (χ2n) is 4.61. The lowest BCUT2D eigenvalue weighted by Crippen LogP contribution is -2.35. The van der Waals surface area contributed by atoms with Gasteiger partial charge in [0.05, 0.1) is 19.5 Å². The van der Waals surface area contributed by atoms with Crippen LogP contribution in [0.4, 0.5) is 5.82 Å². The van der Waals surface area contributed by atoms with Crippen molar-refractivity contribution in [2.24, 2.45) is 5.92 Å². The zero-order valence-corrected chi connectivity index (χ0v) is 10.9. The molecular formula is C13H19N3O2. The van der Waals surface area contributed by atoms with Gasteiger partial charge in [0, 0.05) is 13.1 Å². The molecule has 0 amide bonds. The first-order valence-corrected chi connectivity index (χ1v) is 6.40. The molecule has 98 valence electrons. The monoisotopic (exact) mass is 249 g/mol. The maximum Gasteiger partial charge on any atom is 0.358 e. The SMILES string of the molecule is CCC1CCCN(c2cnc(C(=O)OC)cn2)C1. The van der Waals surface area contributed by atoms with Gasteiger partial charge in [-0.3, -0.25) is 0 Å². The van der Waals surface area contributed by atoms with Gasteiger partial charge in [-0.1, -0.05) is 13.3 Å². The Balaban J connectivity index is 2.07. The second-order valence-corrected chi connectivity index (χ2v) is 4.61. The van der Waals surface area contributed by atoms with E-state index in [0.29, 0.717) is 0 Å². The normalized spacial score (nSPS) is 19.7. The molecule has 0 radical (unpaired) electrons. The molecule has 1 saturated heterocycles. The summed E-state index contributed by atoms with van der Waals surface area (Å²) >= 11 is 0. The van der Waals surface area contributed by atoms with Gasteiger partial charge in [-0.2, -0.15) is 0 Å². The molecule has 1 fully saturated rings. The third-order valence-electron chi connectivity index (χ3n) is 3.45. The van der Waals surface area contributed by atoms with Gasteiger partial charge in [-0.15, -0.1) is 0 Å². The fourth-order valence-corrected chi connectivity index (χ4v) is 2.30. The lowest BCUT2D eigenvalue weighted by Gasteiger charge is -2.32. The molecule has 1 aliphatic rings. The third-order valence-corrected chi connectivity index (χ3v) is 3.45. The van der Waals surface area contributed by atoms with Crippen LogP contribution in [0.5, 0.6) is 0 Å². The Labute approximate surface area is 107 Å². The fourth-order valence-electron chi connectivity index (χ4n) is 2.30. The average Bonchev–Trinajstić information content (AvgIpc) is 2.46. The number of esters is 1. The number of carbonyl (C=O) groups excluding carboxylic acids is 1. The molecule has 1 unspecified atom stereocenters. The van der Waals surface area contributed by atoms with Crippen molar-refractivity contribution < 1.29 is 9.53 Å². The summed E-state index contributed by atoms with van der Waals surface area (Å²) in [5, 5.41) is 0. The van der Waals surface area contributed by atoms with Gasteiger partial charge >= 0.3 is 5.97 Å². The highest BCUT2D eigenvalue weighted by Crippen LogP contribution is 2.22. The number of aromatic nitrogens is 2. The molecule has 0 spiro atoms. The van der Waals surface area contributed by atoms with Crippen LogP contribution in [0.15, 0.2) is 12.4 Å².